The lowest BCUT2D eigenvalue weighted by Gasteiger charge is -2.25. The first-order chi connectivity index (χ1) is 10.6. The number of rotatable bonds is 5. The lowest BCUT2D eigenvalue weighted by Crippen LogP contribution is -2.46. The van der Waals surface area contributed by atoms with Gasteiger partial charge in [-0.1, -0.05) is 6.92 Å². The second-order valence-corrected chi connectivity index (χ2v) is 6.73. The first kappa shape index (κ1) is 23.3. The second kappa shape index (κ2) is 11.8. The van der Waals surface area contributed by atoms with Gasteiger partial charge >= 0.3 is 0 Å². The third kappa shape index (κ3) is 6.67. The van der Waals surface area contributed by atoms with Crippen molar-refractivity contribution in [1.82, 2.24) is 4.90 Å². The van der Waals surface area contributed by atoms with Crippen LogP contribution in [0.2, 0.25) is 0 Å². The number of nitrogens with two attached hydrogens (primary N) is 1. The number of hydrogen-bond acceptors (Lipinski definition) is 4. The van der Waals surface area contributed by atoms with Gasteiger partial charge in [0.05, 0.1) is 6.04 Å². The van der Waals surface area contributed by atoms with Gasteiger partial charge in [0.15, 0.2) is 0 Å². The Balaban J connectivity index is 0.00000264. The molecule has 0 aromatic heterocycles. The van der Waals surface area contributed by atoms with E-state index in [9.17, 15) is 9.18 Å². The molecule has 0 spiro atoms. The van der Waals surface area contributed by atoms with Gasteiger partial charge in [-0.25, -0.2) is 4.39 Å². The van der Waals surface area contributed by atoms with Gasteiger partial charge in [0.1, 0.15) is 5.82 Å². The maximum absolute atomic E-state index is 13.0. The Morgan fingerprint density at radius 1 is 1.21 bits per heavy atom. The minimum Gasteiger partial charge on any atom is -0.370 e. The number of carbonyl (C=O) groups excluding carboxylic acids is 1. The maximum Gasteiger partial charge on any atom is 0.240 e. The first-order valence-corrected chi connectivity index (χ1v) is 8.90. The highest BCUT2D eigenvalue weighted by atomic mass is 35.5. The molecule has 1 amide bonds. The van der Waals surface area contributed by atoms with Crippen LogP contribution in [0.15, 0.2) is 24.3 Å². The molecule has 1 aromatic carbocycles. The fraction of sp³-hybridized carbons (Fsp3) is 0.562. The molecule has 4 nitrogen and oxygen atoms in total. The van der Waals surface area contributed by atoms with Gasteiger partial charge < -0.3 is 15.5 Å². The normalized spacial score (nSPS) is 15.8. The Morgan fingerprint density at radius 3 is 2.50 bits per heavy atom. The highest BCUT2D eigenvalue weighted by molar-refractivity contribution is 7.99. The summed E-state index contributed by atoms with van der Waals surface area (Å²) in [5.74, 6) is 1.46. The zero-order valence-electron chi connectivity index (χ0n) is 13.8. The summed E-state index contributed by atoms with van der Waals surface area (Å²) in [4.78, 5) is 16.4. The third-order valence-electron chi connectivity index (χ3n) is 3.82. The summed E-state index contributed by atoms with van der Waals surface area (Å²) in [5, 5.41) is 0. The SMILES string of the molecule is CCSC[C@H](N)C(=O)N1CCCN(c2ccc(F)cc2)CC1.Cl.Cl. The Morgan fingerprint density at radius 2 is 1.88 bits per heavy atom. The van der Waals surface area contributed by atoms with Gasteiger partial charge in [-0.05, 0) is 36.4 Å². The van der Waals surface area contributed by atoms with Crippen molar-refractivity contribution in [3.63, 3.8) is 0 Å². The van der Waals surface area contributed by atoms with Gasteiger partial charge in [0.2, 0.25) is 5.91 Å². The van der Waals surface area contributed by atoms with Crippen molar-refractivity contribution in [3.05, 3.63) is 30.1 Å². The standard InChI is InChI=1S/C16H24FN3OS.2ClH/c1-2-22-12-15(18)16(21)20-9-3-8-19(10-11-20)14-6-4-13(17)5-7-14;;/h4-7,15H,2-3,8-12,18H2,1H3;2*1H/t15-;;/m0../s1. The number of amides is 1. The third-order valence-corrected chi connectivity index (χ3v) is 4.82. The van der Waals surface area contributed by atoms with Crippen molar-refractivity contribution in [3.8, 4) is 0 Å². The molecule has 2 N–H and O–H groups in total. The van der Waals surface area contributed by atoms with Crippen LogP contribution in [0.4, 0.5) is 10.1 Å². The Bertz CT molecular complexity index is 493. The second-order valence-electron chi connectivity index (χ2n) is 5.41. The molecule has 8 heteroatoms. The van der Waals surface area contributed by atoms with Gasteiger partial charge in [-0.15, -0.1) is 24.8 Å². The minimum atomic E-state index is -0.415. The lowest BCUT2D eigenvalue weighted by molar-refractivity contribution is -0.131. The molecule has 1 aliphatic heterocycles. The molecule has 0 aliphatic carbocycles. The molecule has 1 aromatic rings. The van der Waals surface area contributed by atoms with E-state index in [0.29, 0.717) is 12.3 Å². The maximum atomic E-state index is 13.0. The minimum absolute atomic E-state index is 0. The fourth-order valence-corrected chi connectivity index (χ4v) is 3.23. The number of anilines is 1. The van der Waals surface area contributed by atoms with Crippen LogP contribution in [0.1, 0.15) is 13.3 Å². The number of halogens is 3. The topological polar surface area (TPSA) is 49.6 Å². The largest absolute Gasteiger partial charge is 0.370 e. The van der Waals surface area contributed by atoms with E-state index in [1.165, 1.54) is 12.1 Å². The van der Waals surface area contributed by atoms with E-state index < -0.39 is 6.04 Å². The number of carbonyl (C=O) groups is 1. The molecule has 1 fully saturated rings. The highest BCUT2D eigenvalue weighted by Crippen LogP contribution is 2.17. The predicted molar refractivity (Wildman–Crippen MR) is 105 cm³/mol. The molecule has 1 heterocycles. The monoisotopic (exact) mass is 397 g/mol. The van der Waals surface area contributed by atoms with Crippen molar-refractivity contribution in [2.45, 2.75) is 19.4 Å². The van der Waals surface area contributed by atoms with Crippen LogP contribution in [-0.2, 0) is 4.79 Å². The van der Waals surface area contributed by atoms with Crippen molar-refractivity contribution in [2.24, 2.45) is 5.73 Å². The van der Waals surface area contributed by atoms with Crippen molar-refractivity contribution in [1.29, 1.82) is 0 Å². The average molecular weight is 398 g/mol. The predicted octanol–water partition coefficient (Wildman–Crippen LogP) is 2.79. The Kier molecular flexibility index (Phi) is 11.5. The molecular formula is C16H26Cl2FN3OS. The Hall–Kier alpha value is -0.690. The zero-order chi connectivity index (χ0) is 15.9. The quantitative estimate of drug-likeness (QED) is 0.829. The average Bonchev–Trinajstić information content (AvgIpc) is 2.78. The van der Waals surface area contributed by atoms with Gasteiger partial charge in [-0.3, -0.25) is 4.79 Å². The van der Waals surface area contributed by atoms with Crippen LogP contribution in [0.25, 0.3) is 0 Å². The molecule has 1 saturated heterocycles. The van der Waals surface area contributed by atoms with Crippen molar-refractivity contribution >= 4 is 48.2 Å². The highest BCUT2D eigenvalue weighted by Gasteiger charge is 2.23. The summed E-state index contributed by atoms with van der Waals surface area (Å²) in [5.41, 5.74) is 6.98. The molecule has 1 atom stereocenters. The van der Waals surface area contributed by atoms with Crippen LogP contribution in [0, 0.1) is 5.82 Å². The smallest absolute Gasteiger partial charge is 0.240 e. The summed E-state index contributed by atoms with van der Waals surface area (Å²) in [6.07, 6.45) is 0.900. The zero-order valence-corrected chi connectivity index (χ0v) is 16.3. The van der Waals surface area contributed by atoms with Gasteiger partial charge in [0, 0.05) is 37.6 Å². The number of nitrogens with zero attached hydrogens (tertiary/aromatic N) is 2. The molecule has 1 aliphatic rings. The molecule has 24 heavy (non-hydrogen) atoms. The summed E-state index contributed by atoms with van der Waals surface area (Å²) in [6, 6.07) is 6.11. The van der Waals surface area contributed by atoms with E-state index in [2.05, 4.69) is 11.8 Å². The molecule has 0 radical (unpaired) electrons. The molecule has 0 saturated carbocycles. The number of benzene rings is 1. The fourth-order valence-electron chi connectivity index (χ4n) is 2.60. The van der Waals surface area contributed by atoms with Crippen LogP contribution >= 0.6 is 36.6 Å². The van der Waals surface area contributed by atoms with Gasteiger partial charge in [0.25, 0.3) is 0 Å². The summed E-state index contributed by atoms with van der Waals surface area (Å²) in [7, 11) is 0. The van der Waals surface area contributed by atoms with Crippen LogP contribution in [-0.4, -0.2) is 54.5 Å². The molecule has 2 rings (SSSR count). The van der Waals surface area contributed by atoms with Crippen LogP contribution in [0.5, 0.6) is 0 Å². The van der Waals surface area contributed by atoms with Crippen molar-refractivity contribution < 1.29 is 9.18 Å². The number of hydrogen-bond donors (Lipinski definition) is 1. The van der Waals surface area contributed by atoms with E-state index in [4.69, 9.17) is 5.73 Å². The lowest BCUT2D eigenvalue weighted by atomic mass is 10.2. The molecule has 0 unspecified atom stereocenters. The molecule has 138 valence electrons. The molecular weight excluding hydrogens is 372 g/mol. The van der Waals surface area contributed by atoms with Crippen molar-refractivity contribution in [2.75, 3.05) is 42.6 Å². The van der Waals surface area contributed by atoms with Gasteiger partial charge in [-0.2, -0.15) is 11.8 Å². The van der Waals surface area contributed by atoms with E-state index in [1.54, 1.807) is 23.9 Å². The van der Waals surface area contributed by atoms with E-state index >= 15 is 0 Å². The summed E-state index contributed by atoms with van der Waals surface area (Å²) in [6.45, 7) is 5.09. The molecule has 0 bridgehead atoms. The van der Waals surface area contributed by atoms with E-state index in [1.807, 2.05) is 4.90 Å². The van der Waals surface area contributed by atoms with Crippen LogP contribution in [0.3, 0.4) is 0 Å². The first-order valence-electron chi connectivity index (χ1n) is 7.74. The van der Waals surface area contributed by atoms with E-state index in [-0.39, 0.29) is 36.5 Å². The number of thioether (sulfide) groups is 1. The summed E-state index contributed by atoms with van der Waals surface area (Å²) >= 11 is 1.69. The summed E-state index contributed by atoms with van der Waals surface area (Å²) < 4.78 is 13.0. The van der Waals surface area contributed by atoms with Crippen LogP contribution < -0.4 is 10.6 Å². The van der Waals surface area contributed by atoms with E-state index in [0.717, 1.165) is 37.5 Å². The Labute approximate surface area is 160 Å².